The molecule has 1 amide bonds. The van der Waals surface area contributed by atoms with Gasteiger partial charge in [-0.2, -0.15) is 0 Å². The molecule has 0 aliphatic heterocycles. The van der Waals surface area contributed by atoms with Crippen molar-refractivity contribution >= 4 is 23.1 Å². The lowest BCUT2D eigenvalue weighted by Gasteiger charge is -2.54. The van der Waals surface area contributed by atoms with Crippen molar-refractivity contribution in [2.24, 2.45) is 23.2 Å². The zero-order valence-corrected chi connectivity index (χ0v) is 12.0. The van der Waals surface area contributed by atoms with Gasteiger partial charge in [0.25, 0.3) is 0 Å². The first-order chi connectivity index (χ1) is 10.1. The fraction of sp³-hybridized carbons (Fsp3) is 0.529. The maximum atomic E-state index is 12.8. The van der Waals surface area contributed by atoms with Crippen molar-refractivity contribution in [3.63, 3.8) is 0 Å². The van der Waals surface area contributed by atoms with Gasteiger partial charge in [-0.3, -0.25) is 9.59 Å². The minimum Gasteiger partial charge on any atom is -0.397 e. The molecule has 1 aromatic carbocycles. The summed E-state index contributed by atoms with van der Waals surface area (Å²) in [5, 5.41) is 2.91. The molecular formula is C17H20N2O2. The number of para-hydroxylation sites is 2. The van der Waals surface area contributed by atoms with Crippen LogP contribution in [-0.2, 0) is 9.59 Å². The first-order valence-electron chi connectivity index (χ1n) is 7.79. The molecule has 4 nitrogen and oxygen atoms in total. The SMILES string of the molecule is Nc1ccccc1NC(=O)C12CC3CC(CC(C3)C1=O)C2. The number of benzene rings is 1. The number of hydrogen-bond donors (Lipinski definition) is 2. The highest BCUT2D eigenvalue weighted by Crippen LogP contribution is 2.58. The maximum absolute atomic E-state index is 12.8. The highest BCUT2D eigenvalue weighted by Gasteiger charge is 2.60. The van der Waals surface area contributed by atoms with E-state index in [2.05, 4.69) is 5.32 Å². The van der Waals surface area contributed by atoms with Crippen LogP contribution in [0.5, 0.6) is 0 Å². The molecule has 0 heterocycles. The minimum atomic E-state index is -0.781. The predicted octanol–water partition coefficient (Wildman–Crippen LogP) is 2.60. The van der Waals surface area contributed by atoms with Crippen LogP contribution in [0.3, 0.4) is 0 Å². The summed E-state index contributed by atoms with van der Waals surface area (Å²) in [5.74, 6) is 1.28. The molecule has 0 spiro atoms. The van der Waals surface area contributed by atoms with Crippen molar-refractivity contribution in [1.29, 1.82) is 0 Å². The van der Waals surface area contributed by atoms with Crippen LogP contribution in [0.25, 0.3) is 0 Å². The average Bonchev–Trinajstić information content (AvgIpc) is 2.46. The van der Waals surface area contributed by atoms with Crippen LogP contribution in [0, 0.1) is 23.2 Å². The number of ketones is 1. The smallest absolute Gasteiger partial charge is 0.238 e. The fourth-order valence-corrected chi connectivity index (χ4v) is 4.92. The van der Waals surface area contributed by atoms with Gasteiger partial charge in [-0.15, -0.1) is 0 Å². The third-order valence-electron chi connectivity index (χ3n) is 5.66. The monoisotopic (exact) mass is 284 g/mol. The van der Waals surface area contributed by atoms with E-state index < -0.39 is 5.41 Å². The topological polar surface area (TPSA) is 72.2 Å². The number of nitrogens with two attached hydrogens (primary N) is 1. The second kappa shape index (κ2) is 4.33. The molecule has 3 N–H and O–H groups in total. The molecule has 4 aliphatic rings. The van der Waals surface area contributed by atoms with E-state index in [9.17, 15) is 9.59 Å². The van der Waals surface area contributed by atoms with Gasteiger partial charge < -0.3 is 11.1 Å². The van der Waals surface area contributed by atoms with Crippen LogP contribution in [0.4, 0.5) is 11.4 Å². The van der Waals surface area contributed by atoms with E-state index in [1.807, 2.05) is 12.1 Å². The zero-order valence-electron chi connectivity index (χ0n) is 12.0. The van der Waals surface area contributed by atoms with E-state index >= 15 is 0 Å². The van der Waals surface area contributed by atoms with Crippen LogP contribution >= 0.6 is 0 Å². The lowest BCUT2D eigenvalue weighted by Crippen LogP contribution is -2.58. The third kappa shape index (κ3) is 1.81. The molecule has 110 valence electrons. The van der Waals surface area contributed by atoms with Gasteiger partial charge in [0.2, 0.25) is 5.91 Å². The first kappa shape index (κ1) is 12.9. The van der Waals surface area contributed by atoms with Crippen molar-refractivity contribution in [3.05, 3.63) is 24.3 Å². The summed E-state index contributed by atoms with van der Waals surface area (Å²) in [6.07, 6.45) is 4.66. The molecule has 1 aromatic rings. The number of nitrogen functional groups attached to an aromatic ring is 1. The van der Waals surface area contributed by atoms with Gasteiger partial charge >= 0.3 is 0 Å². The van der Waals surface area contributed by atoms with Gasteiger partial charge in [-0.25, -0.2) is 0 Å². The number of carbonyl (C=O) groups is 2. The fourth-order valence-electron chi connectivity index (χ4n) is 4.92. The van der Waals surface area contributed by atoms with E-state index in [0.29, 0.717) is 23.2 Å². The van der Waals surface area contributed by atoms with Crippen LogP contribution in [-0.4, -0.2) is 11.7 Å². The van der Waals surface area contributed by atoms with Crippen LogP contribution in [0.15, 0.2) is 24.3 Å². The Morgan fingerprint density at radius 3 is 2.48 bits per heavy atom. The van der Waals surface area contributed by atoms with Gasteiger partial charge in [0.1, 0.15) is 5.41 Å². The summed E-state index contributed by atoms with van der Waals surface area (Å²) in [4.78, 5) is 25.6. The molecule has 2 unspecified atom stereocenters. The molecule has 21 heavy (non-hydrogen) atoms. The lowest BCUT2D eigenvalue weighted by molar-refractivity contribution is -0.159. The van der Waals surface area contributed by atoms with Crippen molar-refractivity contribution in [2.75, 3.05) is 11.1 Å². The van der Waals surface area contributed by atoms with Gasteiger partial charge in [-0.1, -0.05) is 12.1 Å². The molecule has 0 aromatic heterocycles. The highest BCUT2D eigenvalue weighted by atomic mass is 16.2. The molecule has 4 bridgehead atoms. The summed E-state index contributed by atoms with van der Waals surface area (Å²) in [7, 11) is 0. The first-order valence-corrected chi connectivity index (χ1v) is 7.79. The number of Topliss-reactive ketones (excluding diaryl/α,β-unsaturated/α-hetero) is 1. The number of amides is 1. The summed E-state index contributed by atoms with van der Waals surface area (Å²) in [6, 6.07) is 7.23. The Morgan fingerprint density at radius 2 is 1.81 bits per heavy atom. The number of anilines is 2. The van der Waals surface area contributed by atoms with E-state index in [1.165, 1.54) is 6.42 Å². The molecule has 4 fully saturated rings. The highest BCUT2D eigenvalue weighted by molar-refractivity contribution is 6.13. The molecule has 0 radical (unpaired) electrons. The molecule has 5 rings (SSSR count). The van der Waals surface area contributed by atoms with E-state index in [4.69, 9.17) is 5.73 Å². The van der Waals surface area contributed by atoms with Crippen molar-refractivity contribution in [3.8, 4) is 0 Å². The van der Waals surface area contributed by atoms with Gasteiger partial charge in [0, 0.05) is 5.92 Å². The largest absolute Gasteiger partial charge is 0.397 e. The van der Waals surface area contributed by atoms with Crippen molar-refractivity contribution < 1.29 is 9.59 Å². The van der Waals surface area contributed by atoms with Crippen LogP contribution < -0.4 is 11.1 Å². The molecule has 2 atom stereocenters. The maximum Gasteiger partial charge on any atom is 0.238 e. The Hall–Kier alpha value is -1.84. The lowest BCUT2D eigenvalue weighted by atomic mass is 9.48. The van der Waals surface area contributed by atoms with Crippen molar-refractivity contribution in [1.82, 2.24) is 0 Å². The molecule has 4 saturated carbocycles. The quantitative estimate of drug-likeness (QED) is 0.647. The Balaban J connectivity index is 1.64. The number of rotatable bonds is 2. The van der Waals surface area contributed by atoms with Crippen LogP contribution in [0.1, 0.15) is 32.1 Å². The second-order valence-corrected chi connectivity index (χ2v) is 7.03. The van der Waals surface area contributed by atoms with Gasteiger partial charge in [-0.05, 0) is 56.1 Å². The molecular weight excluding hydrogens is 264 g/mol. The Morgan fingerprint density at radius 1 is 1.14 bits per heavy atom. The Kier molecular flexibility index (Phi) is 2.65. The normalized spacial score (nSPS) is 36.8. The number of carbonyl (C=O) groups excluding carboxylic acids is 2. The van der Waals surface area contributed by atoms with Crippen LogP contribution in [0.2, 0.25) is 0 Å². The average molecular weight is 284 g/mol. The predicted molar refractivity (Wildman–Crippen MR) is 80.5 cm³/mol. The zero-order chi connectivity index (χ0) is 14.6. The van der Waals surface area contributed by atoms with Gasteiger partial charge in [0.15, 0.2) is 5.78 Å². The van der Waals surface area contributed by atoms with E-state index in [1.54, 1.807) is 12.1 Å². The van der Waals surface area contributed by atoms with Crippen molar-refractivity contribution in [2.45, 2.75) is 32.1 Å². The summed E-state index contributed by atoms with van der Waals surface area (Å²) in [5.41, 5.74) is 6.28. The Labute approximate surface area is 124 Å². The number of hydrogen-bond acceptors (Lipinski definition) is 3. The summed E-state index contributed by atoms with van der Waals surface area (Å²) >= 11 is 0. The summed E-state index contributed by atoms with van der Waals surface area (Å²) < 4.78 is 0. The van der Waals surface area contributed by atoms with Gasteiger partial charge in [0.05, 0.1) is 11.4 Å². The van der Waals surface area contributed by atoms with E-state index in [-0.39, 0.29) is 17.6 Å². The molecule has 4 aliphatic carbocycles. The second-order valence-electron chi connectivity index (χ2n) is 7.03. The Bertz CT molecular complexity index is 611. The third-order valence-corrected chi connectivity index (χ3v) is 5.66. The minimum absolute atomic E-state index is 0.120. The van der Waals surface area contributed by atoms with E-state index in [0.717, 1.165) is 25.7 Å². The number of nitrogens with one attached hydrogen (secondary N) is 1. The molecule has 0 saturated heterocycles. The molecule has 4 heteroatoms. The standard InChI is InChI=1S/C17H20N2O2/c18-13-3-1-2-4-14(13)19-16(21)17-8-10-5-11(9-17)7-12(6-10)15(17)20/h1-4,10-12H,5-9,18H2,(H,19,21). The summed E-state index contributed by atoms with van der Waals surface area (Å²) in [6.45, 7) is 0.